The number of para-hydroxylation sites is 2. The quantitative estimate of drug-likeness (QED) is 0.180. The highest BCUT2D eigenvalue weighted by Crippen LogP contribution is 2.24. The zero-order valence-corrected chi connectivity index (χ0v) is 19.5. The first kappa shape index (κ1) is 23.6. The monoisotopic (exact) mass is 471 g/mol. The number of hydrogen-bond acceptors (Lipinski definition) is 6. The summed E-state index contributed by atoms with van der Waals surface area (Å²) in [6, 6.07) is 18.9. The molecule has 1 aromatic heterocycles. The van der Waals surface area contributed by atoms with Crippen molar-refractivity contribution < 1.29 is 9.72 Å². The molecule has 9 nitrogen and oxygen atoms in total. The Labute approximate surface area is 201 Å². The number of nitrogens with zero attached hydrogens (tertiary/aromatic N) is 4. The highest BCUT2D eigenvalue weighted by atomic mass is 16.6. The number of hydrogen-bond donors (Lipinski definition) is 1. The summed E-state index contributed by atoms with van der Waals surface area (Å²) in [4.78, 5) is 38.5. The highest BCUT2D eigenvalue weighted by molar-refractivity contribution is 5.95. The second kappa shape index (κ2) is 10.2. The predicted molar refractivity (Wildman–Crippen MR) is 138 cm³/mol. The lowest BCUT2D eigenvalue weighted by atomic mass is 10.1. The van der Waals surface area contributed by atoms with Gasteiger partial charge >= 0.3 is 0 Å². The van der Waals surface area contributed by atoms with Crippen LogP contribution in [-0.2, 0) is 11.3 Å². The molecule has 0 saturated carbocycles. The van der Waals surface area contributed by atoms with Gasteiger partial charge in [-0.3, -0.25) is 19.7 Å². The molecule has 0 radical (unpaired) electrons. The maximum atomic E-state index is 12.9. The second-order valence-electron chi connectivity index (χ2n) is 7.92. The van der Waals surface area contributed by atoms with E-state index in [9.17, 15) is 19.7 Å². The molecule has 1 N–H and O–H groups in total. The molecule has 4 rings (SSSR count). The van der Waals surface area contributed by atoms with Crippen molar-refractivity contribution >= 4 is 45.3 Å². The van der Waals surface area contributed by atoms with Crippen molar-refractivity contribution in [2.24, 2.45) is 5.10 Å². The molecule has 0 saturated heterocycles. The van der Waals surface area contributed by atoms with Gasteiger partial charge in [0.2, 0.25) is 0 Å². The molecule has 0 spiro atoms. The van der Waals surface area contributed by atoms with Gasteiger partial charge in [0.25, 0.3) is 11.6 Å². The number of benzene rings is 3. The number of nitro groups is 1. The van der Waals surface area contributed by atoms with Crippen molar-refractivity contribution in [3.05, 3.63) is 92.6 Å². The number of carbonyl (C=O) groups excluding carboxylic acids is 1. The first-order chi connectivity index (χ1) is 16.9. The molecule has 3 aromatic carbocycles. The minimum absolute atomic E-state index is 0.0557. The third-order valence-corrected chi connectivity index (χ3v) is 5.90. The molecule has 0 unspecified atom stereocenters. The van der Waals surface area contributed by atoms with Crippen LogP contribution in [0.3, 0.4) is 0 Å². The minimum Gasteiger partial charge on any atom is -0.372 e. The van der Waals surface area contributed by atoms with Crippen LogP contribution in [0.15, 0.2) is 76.6 Å². The lowest BCUT2D eigenvalue weighted by Gasteiger charge is -2.22. The lowest BCUT2D eigenvalue weighted by Crippen LogP contribution is -2.25. The summed E-state index contributed by atoms with van der Waals surface area (Å²) in [6.45, 7) is 5.36. The fourth-order valence-corrected chi connectivity index (χ4v) is 4.21. The molecule has 0 aliphatic carbocycles. The number of rotatable bonds is 8. The van der Waals surface area contributed by atoms with E-state index >= 15 is 0 Å². The average molecular weight is 472 g/mol. The molecule has 0 aliphatic heterocycles. The summed E-state index contributed by atoms with van der Waals surface area (Å²) in [6.07, 6.45) is 1.42. The van der Waals surface area contributed by atoms with Crippen molar-refractivity contribution in [1.82, 2.24) is 9.99 Å². The molecule has 178 valence electrons. The zero-order chi connectivity index (χ0) is 24.9. The van der Waals surface area contributed by atoms with Crippen molar-refractivity contribution in [2.45, 2.75) is 20.4 Å². The largest absolute Gasteiger partial charge is 0.372 e. The molecule has 0 bridgehead atoms. The molecule has 1 amide bonds. The van der Waals surface area contributed by atoms with E-state index in [-0.39, 0.29) is 17.7 Å². The summed E-state index contributed by atoms with van der Waals surface area (Å²) >= 11 is 0. The highest BCUT2D eigenvalue weighted by Gasteiger charge is 2.14. The van der Waals surface area contributed by atoms with Gasteiger partial charge in [-0.1, -0.05) is 24.3 Å². The van der Waals surface area contributed by atoms with Crippen molar-refractivity contribution in [3.63, 3.8) is 0 Å². The SMILES string of the molecule is CCN(CC)c1ccc([N+](=O)[O-])cc1/C=N\NC(=O)Cn1c2ccccc2c(=O)c2ccccc21. The van der Waals surface area contributed by atoms with E-state index in [1.54, 1.807) is 47.0 Å². The summed E-state index contributed by atoms with van der Waals surface area (Å²) in [5.41, 5.74) is 5.00. The molecule has 0 fully saturated rings. The number of amides is 1. The standard InChI is InChI=1S/C26H25N5O4/c1-3-29(4-2)22-14-13-19(31(34)35)15-18(22)16-27-28-25(32)17-30-23-11-7-5-9-20(23)26(33)21-10-6-8-12-24(21)30/h5-16H,3-4,17H2,1-2H3,(H,28,32)/b27-16-. The van der Waals surface area contributed by atoms with Crippen LogP contribution >= 0.6 is 0 Å². The average Bonchev–Trinajstić information content (AvgIpc) is 2.88. The van der Waals surface area contributed by atoms with Gasteiger partial charge in [-0.25, -0.2) is 5.43 Å². The summed E-state index contributed by atoms with van der Waals surface area (Å²) in [5, 5.41) is 16.4. The number of aromatic nitrogens is 1. The normalized spacial score (nSPS) is 11.3. The van der Waals surface area contributed by atoms with E-state index in [0.29, 0.717) is 40.5 Å². The maximum Gasteiger partial charge on any atom is 0.270 e. The molecular formula is C26H25N5O4. The zero-order valence-electron chi connectivity index (χ0n) is 19.5. The van der Waals surface area contributed by atoms with Gasteiger partial charge in [0.15, 0.2) is 5.43 Å². The third kappa shape index (κ3) is 4.74. The van der Waals surface area contributed by atoms with Crippen molar-refractivity contribution in [1.29, 1.82) is 0 Å². The Morgan fingerprint density at radius 2 is 1.63 bits per heavy atom. The number of non-ortho nitro benzene ring substituents is 1. The van der Waals surface area contributed by atoms with Crippen LogP contribution in [0, 0.1) is 10.1 Å². The Kier molecular flexibility index (Phi) is 6.86. The van der Waals surface area contributed by atoms with Crippen LogP contribution in [-0.4, -0.2) is 34.7 Å². The number of pyridine rings is 1. The number of hydrazone groups is 1. The van der Waals surface area contributed by atoms with Crippen LogP contribution in [0.1, 0.15) is 19.4 Å². The van der Waals surface area contributed by atoms with E-state index in [0.717, 1.165) is 5.69 Å². The van der Waals surface area contributed by atoms with Gasteiger partial charge in [0, 0.05) is 47.2 Å². The van der Waals surface area contributed by atoms with Crippen LogP contribution in [0.25, 0.3) is 21.8 Å². The Bertz CT molecular complexity index is 1450. The van der Waals surface area contributed by atoms with Gasteiger partial charge in [0.05, 0.1) is 22.2 Å². The van der Waals surface area contributed by atoms with E-state index in [4.69, 9.17) is 0 Å². The van der Waals surface area contributed by atoms with Gasteiger partial charge in [-0.05, 0) is 44.2 Å². The number of nitro benzene ring substituents is 1. The Morgan fingerprint density at radius 3 is 2.20 bits per heavy atom. The first-order valence-corrected chi connectivity index (χ1v) is 11.3. The molecule has 0 atom stereocenters. The van der Waals surface area contributed by atoms with Crippen molar-refractivity contribution in [3.8, 4) is 0 Å². The van der Waals surface area contributed by atoms with Crippen LogP contribution in [0.4, 0.5) is 11.4 Å². The predicted octanol–water partition coefficient (Wildman–Crippen LogP) is 4.06. The van der Waals surface area contributed by atoms with Crippen LogP contribution < -0.4 is 15.8 Å². The Morgan fingerprint density at radius 1 is 1.03 bits per heavy atom. The van der Waals surface area contributed by atoms with Gasteiger partial charge in [-0.2, -0.15) is 5.10 Å². The molecule has 1 heterocycles. The molecule has 9 heteroatoms. The van der Waals surface area contributed by atoms with E-state index in [1.807, 2.05) is 30.9 Å². The Hall–Kier alpha value is -4.53. The maximum absolute atomic E-state index is 12.9. The van der Waals surface area contributed by atoms with Crippen LogP contribution in [0.5, 0.6) is 0 Å². The van der Waals surface area contributed by atoms with E-state index in [2.05, 4.69) is 10.5 Å². The first-order valence-electron chi connectivity index (χ1n) is 11.3. The minimum atomic E-state index is -0.464. The van der Waals surface area contributed by atoms with E-state index < -0.39 is 10.8 Å². The molecular weight excluding hydrogens is 446 g/mol. The van der Waals surface area contributed by atoms with Gasteiger partial charge in [0.1, 0.15) is 6.54 Å². The summed E-state index contributed by atoms with van der Waals surface area (Å²) in [7, 11) is 0. The van der Waals surface area contributed by atoms with Crippen molar-refractivity contribution in [2.75, 3.05) is 18.0 Å². The van der Waals surface area contributed by atoms with Gasteiger partial charge in [-0.15, -0.1) is 0 Å². The van der Waals surface area contributed by atoms with Crippen LogP contribution in [0.2, 0.25) is 0 Å². The Balaban J connectivity index is 1.64. The fraction of sp³-hybridized carbons (Fsp3) is 0.192. The number of carbonyl (C=O) groups is 1. The second-order valence-corrected chi connectivity index (χ2v) is 7.92. The fourth-order valence-electron chi connectivity index (χ4n) is 4.21. The van der Waals surface area contributed by atoms with Gasteiger partial charge < -0.3 is 9.47 Å². The summed E-state index contributed by atoms with van der Waals surface area (Å²) in [5.74, 6) is -0.393. The number of anilines is 1. The number of fused-ring (bicyclic) bond motifs is 2. The lowest BCUT2D eigenvalue weighted by molar-refractivity contribution is -0.384. The third-order valence-electron chi connectivity index (χ3n) is 5.90. The van der Waals surface area contributed by atoms with E-state index in [1.165, 1.54) is 18.3 Å². The summed E-state index contributed by atoms with van der Waals surface area (Å²) < 4.78 is 1.78. The smallest absolute Gasteiger partial charge is 0.270 e. The topological polar surface area (TPSA) is 110 Å². The molecule has 4 aromatic rings. The number of nitrogens with one attached hydrogen (secondary N) is 1. The molecule has 0 aliphatic rings. The molecule has 35 heavy (non-hydrogen) atoms.